The van der Waals surface area contributed by atoms with E-state index < -0.39 is 46.8 Å². The van der Waals surface area contributed by atoms with Crippen LogP contribution in [0.2, 0.25) is 25.7 Å². The van der Waals surface area contributed by atoms with Gasteiger partial charge in [0.2, 0.25) is 21.1 Å². The number of hydrogen-bond donors (Lipinski definition) is 0. The molecule has 20 heteroatoms. The molecule has 0 bridgehead atoms. The smallest absolute Gasteiger partial charge is 0.410 e. The number of piperazine rings is 1. The second-order valence-electron chi connectivity index (χ2n) is 17.4. The number of hydrogen-bond acceptors (Lipinski definition) is 12. The highest BCUT2D eigenvalue weighted by Gasteiger charge is 2.54. The molecule has 0 spiro atoms. The van der Waals surface area contributed by atoms with Gasteiger partial charge >= 0.3 is 6.09 Å². The summed E-state index contributed by atoms with van der Waals surface area (Å²) in [5.74, 6) is -0.311. The number of nitrogens with zero attached hydrogens (tertiary/aromatic N) is 9. The van der Waals surface area contributed by atoms with Crippen molar-refractivity contribution in [1.82, 2.24) is 34.1 Å². The molecule has 3 aromatic rings. The number of anilines is 1. The summed E-state index contributed by atoms with van der Waals surface area (Å²) in [5, 5.41) is 23.1. The summed E-state index contributed by atoms with van der Waals surface area (Å²) in [6, 6.07) is 6.15. The molecule has 2 aromatic heterocycles. The number of ether oxygens (including phenoxy) is 2. The molecular weight excluding hydrogens is 785 g/mol. The van der Waals surface area contributed by atoms with Gasteiger partial charge < -0.3 is 24.2 Å². The first-order valence-corrected chi connectivity index (χ1v) is 25.0. The van der Waals surface area contributed by atoms with E-state index in [4.69, 9.17) is 14.6 Å². The van der Waals surface area contributed by atoms with Crippen LogP contribution < -0.4 is 4.90 Å². The molecule has 15 nitrogen and oxygen atoms in total. The topological polar surface area (TPSA) is 167 Å². The molecule has 0 atom stereocenters. The highest BCUT2D eigenvalue weighted by Crippen LogP contribution is 2.48. The SMILES string of the molecule is CC(C)(C)OC(=O)N1CC(C(=O)N2CCN(c3cc(S(=O)(=O)N(COCC[Si](C)(C)C)C4(C#N)CC4)cc4c3c(C3CC3)nn4-c3nnc(C(F)F)s3)CC2)C1. The molecule has 4 fully saturated rings. The summed E-state index contributed by atoms with van der Waals surface area (Å²) in [6.45, 7) is 14.1. The predicted octanol–water partition coefficient (Wildman–Crippen LogP) is 5.57. The Hall–Kier alpha value is -3.77. The minimum Gasteiger partial charge on any atom is -0.444 e. The van der Waals surface area contributed by atoms with E-state index in [1.54, 1.807) is 31.7 Å². The largest absolute Gasteiger partial charge is 0.444 e. The second-order valence-corrected chi connectivity index (χ2v) is 25.8. The number of fused-ring (bicyclic) bond motifs is 1. The molecular formula is C36H49F2N9O6S2Si. The molecule has 2 saturated carbocycles. The van der Waals surface area contributed by atoms with Crippen molar-refractivity contribution in [3.05, 3.63) is 22.8 Å². The molecule has 0 radical (unpaired) electrons. The number of nitriles is 1. The molecule has 0 N–H and O–H groups in total. The number of likely N-dealkylation sites (tertiary alicyclic amines) is 1. The van der Waals surface area contributed by atoms with E-state index >= 15 is 0 Å². The number of alkyl halides is 2. The van der Waals surface area contributed by atoms with Gasteiger partial charge in [0, 0.05) is 70.9 Å². The summed E-state index contributed by atoms with van der Waals surface area (Å²) >= 11 is 0.685. The number of carbonyl (C=O) groups excluding carboxylic acids is 2. The fourth-order valence-electron chi connectivity index (χ4n) is 6.96. The standard InChI is InChI=1S/C36H49F2N9O6S2Si/c1-35(2,3)53-34(49)45-19-24(20-45)32(48)44-13-11-43(12-14-44)26-17-25(55(50,51)46(36(21-39)9-10-36)22-52-15-16-56(4,5)6)18-27-28(26)29(23-7-8-23)42-47(27)33-41-40-31(54-33)30(37)38/h17-18,23-24,30H,7-16,19-20,22H2,1-6H3. The Morgan fingerprint density at radius 2 is 1.77 bits per heavy atom. The molecule has 304 valence electrons. The Balaban J connectivity index is 1.22. The Labute approximate surface area is 330 Å². The predicted molar refractivity (Wildman–Crippen MR) is 207 cm³/mol. The third-order valence-corrected chi connectivity index (χ3v) is 15.0. The minimum atomic E-state index is -4.36. The summed E-state index contributed by atoms with van der Waals surface area (Å²) in [7, 11) is -5.85. The number of benzene rings is 1. The molecule has 2 aliphatic heterocycles. The quantitative estimate of drug-likeness (QED) is 0.120. The third-order valence-electron chi connectivity index (χ3n) is 10.5. The molecule has 0 unspecified atom stereocenters. The molecule has 4 aliphatic rings. The average molecular weight is 834 g/mol. The fraction of sp³-hybridized carbons (Fsp3) is 0.667. The summed E-state index contributed by atoms with van der Waals surface area (Å²) in [5.41, 5.74) is -0.214. The van der Waals surface area contributed by atoms with E-state index in [1.807, 2.05) is 4.90 Å². The van der Waals surface area contributed by atoms with Gasteiger partial charge in [-0.25, -0.2) is 26.7 Å². The molecule has 7 rings (SSSR count). The van der Waals surface area contributed by atoms with Crippen LogP contribution in [0.4, 0.5) is 19.3 Å². The van der Waals surface area contributed by atoms with Gasteiger partial charge in [0.15, 0.2) is 5.01 Å². The second kappa shape index (κ2) is 14.9. The average Bonchev–Trinajstić information content (AvgIpc) is 4.01. The number of halogens is 2. The number of aromatic nitrogens is 4. The molecule has 1 aromatic carbocycles. The van der Waals surface area contributed by atoms with E-state index in [0.717, 1.165) is 23.2 Å². The number of sulfonamides is 1. The van der Waals surface area contributed by atoms with Crippen LogP contribution >= 0.6 is 11.3 Å². The zero-order valence-electron chi connectivity index (χ0n) is 32.6. The maximum Gasteiger partial charge on any atom is 0.410 e. The first kappa shape index (κ1) is 40.4. The van der Waals surface area contributed by atoms with Crippen molar-refractivity contribution in [3.63, 3.8) is 0 Å². The Morgan fingerprint density at radius 3 is 2.32 bits per heavy atom. The van der Waals surface area contributed by atoms with Crippen LogP contribution in [0.1, 0.15) is 69.5 Å². The van der Waals surface area contributed by atoms with Crippen LogP contribution in [0.3, 0.4) is 0 Å². The first-order valence-electron chi connectivity index (χ1n) is 19.0. The van der Waals surface area contributed by atoms with Crippen LogP contribution in [-0.2, 0) is 24.3 Å². The van der Waals surface area contributed by atoms with Gasteiger partial charge in [0.05, 0.1) is 28.1 Å². The lowest BCUT2D eigenvalue weighted by Gasteiger charge is -2.43. The van der Waals surface area contributed by atoms with E-state index in [0.29, 0.717) is 79.2 Å². The highest BCUT2D eigenvalue weighted by molar-refractivity contribution is 7.89. The van der Waals surface area contributed by atoms with Crippen molar-refractivity contribution in [2.75, 3.05) is 57.5 Å². The Morgan fingerprint density at radius 1 is 1.09 bits per heavy atom. The lowest BCUT2D eigenvalue weighted by Crippen LogP contribution is -2.59. The number of carbonyl (C=O) groups is 2. The van der Waals surface area contributed by atoms with Crippen molar-refractivity contribution >= 4 is 58.0 Å². The molecule has 2 aliphatic carbocycles. The number of rotatable bonds is 13. The van der Waals surface area contributed by atoms with Crippen molar-refractivity contribution in [2.45, 2.75) is 101 Å². The molecule has 2 amide bonds. The van der Waals surface area contributed by atoms with E-state index in [2.05, 4.69) is 35.9 Å². The summed E-state index contributed by atoms with van der Waals surface area (Å²) in [4.78, 5) is 31.2. The van der Waals surface area contributed by atoms with Crippen LogP contribution in [-0.4, -0.2) is 126 Å². The van der Waals surface area contributed by atoms with Crippen LogP contribution in [0.15, 0.2) is 17.0 Å². The van der Waals surface area contributed by atoms with Gasteiger partial charge in [0.25, 0.3) is 6.43 Å². The molecule has 2 saturated heterocycles. The van der Waals surface area contributed by atoms with Gasteiger partial charge in [0.1, 0.15) is 17.9 Å². The van der Waals surface area contributed by atoms with Gasteiger partial charge in [-0.2, -0.15) is 14.7 Å². The van der Waals surface area contributed by atoms with Crippen molar-refractivity contribution < 1.29 is 36.3 Å². The lowest BCUT2D eigenvalue weighted by atomic mass is 9.98. The zero-order chi connectivity index (χ0) is 40.4. The van der Waals surface area contributed by atoms with Crippen molar-refractivity contribution in [1.29, 1.82) is 5.26 Å². The van der Waals surface area contributed by atoms with Crippen molar-refractivity contribution in [2.24, 2.45) is 5.92 Å². The van der Waals surface area contributed by atoms with Gasteiger partial charge in [-0.05, 0) is 64.6 Å². The van der Waals surface area contributed by atoms with Crippen molar-refractivity contribution in [3.8, 4) is 11.2 Å². The maximum absolute atomic E-state index is 14.8. The minimum absolute atomic E-state index is 0.0560. The third kappa shape index (κ3) is 8.28. The normalized spacial score (nSPS) is 19.1. The highest BCUT2D eigenvalue weighted by atomic mass is 32.2. The number of amides is 2. The fourth-order valence-corrected chi connectivity index (χ4v) is 10.1. The molecule has 4 heterocycles. The van der Waals surface area contributed by atoms with E-state index in [-0.39, 0.29) is 47.6 Å². The van der Waals surface area contributed by atoms with Crippen LogP contribution in [0.5, 0.6) is 0 Å². The molecule has 56 heavy (non-hydrogen) atoms. The summed E-state index contributed by atoms with van der Waals surface area (Å²) in [6.07, 6.45) is -0.829. The zero-order valence-corrected chi connectivity index (χ0v) is 35.3. The van der Waals surface area contributed by atoms with Gasteiger partial charge in [-0.3, -0.25) is 4.79 Å². The van der Waals surface area contributed by atoms with E-state index in [1.165, 1.54) is 15.6 Å². The van der Waals surface area contributed by atoms with Crippen LogP contribution in [0, 0.1) is 17.2 Å². The van der Waals surface area contributed by atoms with Crippen LogP contribution in [0.25, 0.3) is 16.0 Å². The van der Waals surface area contributed by atoms with E-state index in [9.17, 15) is 32.0 Å². The maximum atomic E-state index is 14.8. The summed E-state index contributed by atoms with van der Waals surface area (Å²) < 4.78 is 70.9. The Bertz CT molecular complexity index is 2140. The van der Waals surface area contributed by atoms with Gasteiger partial charge in [-0.1, -0.05) is 31.0 Å². The monoisotopic (exact) mass is 833 g/mol. The first-order chi connectivity index (χ1) is 26.3. The van der Waals surface area contributed by atoms with Gasteiger partial charge in [-0.15, -0.1) is 10.2 Å². The Kier molecular flexibility index (Phi) is 10.7. The lowest BCUT2D eigenvalue weighted by molar-refractivity contribution is -0.140.